The number of halogens is 2. The fourth-order valence-corrected chi connectivity index (χ4v) is 3.70. The summed E-state index contributed by atoms with van der Waals surface area (Å²) in [5, 5.41) is 12.5. The Morgan fingerprint density at radius 3 is 2.85 bits per heavy atom. The number of carboxylic acid groups (broad SMARTS) is 1. The standard InChI is InChI=1S/C18H21ClFN3O3/c19-12-8-13(20)10-14(9-12)21-16-5-1-2-7-23(17(16)24)15-4-3-6-22(11-15)18(25)26/h1-2,8-10,15-16,21H,3-7,11H2,(H,25,26)/t15-,16-/m1/s1. The van der Waals surface area contributed by atoms with E-state index in [1.54, 1.807) is 11.0 Å². The van der Waals surface area contributed by atoms with Crippen LogP contribution in [0.5, 0.6) is 0 Å². The molecule has 1 aromatic rings. The van der Waals surface area contributed by atoms with E-state index < -0.39 is 18.0 Å². The molecule has 2 N–H and O–H groups in total. The highest BCUT2D eigenvalue weighted by molar-refractivity contribution is 6.30. The van der Waals surface area contributed by atoms with Crippen LogP contribution in [0.1, 0.15) is 19.3 Å². The van der Waals surface area contributed by atoms with Crippen LogP contribution in [0.25, 0.3) is 0 Å². The number of piperidine rings is 1. The SMILES string of the molecule is O=C(O)N1CCC[C@@H](N2CC=CC[C@@H](Nc3cc(F)cc(Cl)c3)C2=O)C1. The van der Waals surface area contributed by atoms with Gasteiger partial charge in [0.15, 0.2) is 0 Å². The first kappa shape index (κ1) is 18.5. The van der Waals surface area contributed by atoms with Gasteiger partial charge in [-0.15, -0.1) is 0 Å². The molecule has 2 amide bonds. The number of hydrogen-bond donors (Lipinski definition) is 2. The topological polar surface area (TPSA) is 72.9 Å². The molecule has 26 heavy (non-hydrogen) atoms. The van der Waals surface area contributed by atoms with Crippen molar-refractivity contribution in [2.75, 3.05) is 25.0 Å². The summed E-state index contributed by atoms with van der Waals surface area (Å²) in [7, 11) is 0. The number of anilines is 1. The molecule has 0 aliphatic carbocycles. The second-order valence-corrected chi connectivity index (χ2v) is 7.01. The Balaban J connectivity index is 1.75. The minimum Gasteiger partial charge on any atom is -0.465 e. The monoisotopic (exact) mass is 381 g/mol. The number of carbonyl (C=O) groups excluding carboxylic acids is 1. The Morgan fingerprint density at radius 2 is 2.12 bits per heavy atom. The highest BCUT2D eigenvalue weighted by Gasteiger charge is 2.34. The minimum atomic E-state index is -0.961. The van der Waals surface area contributed by atoms with Gasteiger partial charge in [0.2, 0.25) is 5.91 Å². The molecule has 1 saturated heterocycles. The first-order valence-corrected chi connectivity index (χ1v) is 8.98. The maximum absolute atomic E-state index is 13.6. The van der Waals surface area contributed by atoms with Gasteiger partial charge in [-0.2, -0.15) is 0 Å². The number of nitrogens with zero attached hydrogens (tertiary/aromatic N) is 2. The summed E-state index contributed by atoms with van der Waals surface area (Å²) < 4.78 is 13.6. The highest BCUT2D eigenvalue weighted by Crippen LogP contribution is 2.23. The summed E-state index contributed by atoms with van der Waals surface area (Å²) in [4.78, 5) is 27.3. The molecule has 1 aromatic carbocycles. The van der Waals surface area contributed by atoms with Gasteiger partial charge in [0.05, 0.1) is 0 Å². The molecule has 0 radical (unpaired) electrons. The predicted molar refractivity (Wildman–Crippen MR) is 96.9 cm³/mol. The third-order valence-corrected chi connectivity index (χ3v) is 4.95. The molecule has 1 fully saturated rings. The molecule has 6 nitrogen and oxygen atoms in total. The Hall–Kier alpha value is -2.28. The van der Waals surface area contributed by atoms with Crippen LogP contribution in [0.3, 0.4) is 0 Å². The molecule has 8 heteroatoms. The third-order valence-electron chi connectivity index (χ3n) is 4.73. The molecule has 0 aromatic heterocycles. The summed E-state index contributed by atoms with van der Waals surface area (Å²) in [6.45, 7) is 1.25. The highest BCUT2D eigenvalue weighted by atomic mass is 35.5. The van der Waals surface area contributed by atoms with E-state index in [9.17, 15) is 19.1 Å². The lowest BCUT2D eigenvalue weighted by Gasteiger charge is -2.38. The van der Waals surface area contributed by atoms with Crippen molar-refractivity contribution in [3.05, 3.63) is 41.2 Å². The molecule has 2 aliphatic heterocycles. The van der Waals surface area contributed by atoms with Crippen LogP contribution in [0.15, 0.2) is 30.4 Å². The van der Waals surface area contributed by atoms with E-state index in [0.29, 0.717) is 31.7 Å². The number of rotatable bonds is 3. The predicted octanol–water partition coefficient (Wildman–Crippen LogP) is 3.19. The van der Waals surface area contributed by atoms with E-state index >= 15 is 0 Å². The number of benzene rings is 1. The molecule has 0 spiro atoms. The lowest BCUT2D eigenvalue weighted by molar-refractivity contribution is -0.134. The van der Waals surface area contributed by atoms with E-state index in [0.717, 1.165) is 12.8 Å². The Labute approximate surface area is 156 Å². The van der Waals surface area contributed by atoms with Crippen molar-refractivity contribution >= 4 is 29.3 Å². The first-order valence-electron chi connectivity index (χ1n) is 8.60. The van der Waals surface area contributed by atoms with Crippen molar-refractivity contribution in [3.8, 4) is 0 Å². The van der Waals surface area contributed by atoms with Crippen molar-refractivity contribution in [3.63, 3.8) is 0 Å². The average molecular weight is 382 g/mol. The van der Waals surface area contributed by atoms with E-state index in [1.165, 1.54) is 17.0 Å². The summed E-state index contributed by atoms with van der Waals surface area (Å²) in [6, 6.07) is 3.37. The lowest BCUT2D eigenvalue weighted by atomic mass is 10.0. The number of nitrogens with one attached hydrogen (secondary N) is 1. The van der Waals surface area contributed by atoms with Crippen LogP contribution in [0.2, 0.25) is 5.02 Å². The number of likely N-dealkylation sites (tertiary alicyclic amines) is 1. The maximum Gasteiger partial charge on any atom is 0.407 e. The molecule has 0 bridgehead atoms. The van der Waals surface area contributed by atoms with E-state index in [4.69, 9.17) is 11.6 Å². The molecule has 2 aliphatic rings. The minimum absolute atomic E-state index is 0.118. The van der Waals surface area contributed by atoms with Gasteiger partial charge < -0.3 is 20.2 Å². The van der Waals surface area contributed by atoms with Crippen LogP contribution in [-0.4, -0.2) is 58.6 Å². The Bertz CT molecular complexity index is 707. The quantitative estimate of drug-likeness (QED) is 0.789. The van der Waals surface area contributed by atoms with Gasteiger partial charge in [-0.3, -0.25) is 4.79 Å². The fraction of sp³-hybridized carbons (Fsp3) is 0.444. The second kappa shape index (κ2) is 7.95. The van der Waals surface area contributed by atoms with Gasteiger partial charge in [-0.1, -0.05) is 23.8 Å². The van der Waals surface area contributed by atoms with Crippen LogP contribution in [0.4, 0.5) is 14.9 Å². The van der Waals surface area contributed by atoms with Crippen molar-refractivity contribution in [1.29, 1.82) is 0 Å². The van der Waals surface area contributed by atoms with Crippen molar-refractivity contribution < 1.29 is 19.1 Å². The van der Waals surface area contributed by atoms with Gasteiger partial charge in [0.1, 0.15) is 11.9 Å². The van der Waals surface area contributed by atoms with Crippen LogP contribution < -0.4 is 5.32 Å². The molecular formula is C18H21ClFN3O3. The third kappa shape index (κ3) is 4.27. The Kier molecular flexibility index (Phi) is 5.66. The summed E-state index contributed by atoms with van der Waals surface area (Å²) in [6.07, 6.45) is 4.83. The molecular weight excluding hydrogens is 361 g/mol. The second-order valence-electron chi connectivity index (χ2n) is 6.58. The molecule has 140 valence electrons. The van der Waals surface area contributed by atoms with Crippen molar-refractivity contribution in [2.45, 2.75) is 31.3 Å². The summed E-state index contributed by atoms with van der Waals surface area (Å²) in [5.41, 5.74) is 0.444. The normalized spacial score (nSPS) is 23.7. The van der Waals surface area contributed by atoms with Gasteiger partial charge in [0, 0.05) is 36.4 Å². The van der Waals surface area contributed by atoms with Crippen LogP contribution >= 0.6 is 11.6 Å². The molecule has 2 heterocycles. The lowest BCUT2D eigenvalue weighted by Crippen LogP contribution is -2.54. The smallest absolute Gasteiger partial charge is 0.407 e. The molecule has 0 unspecified atom stereocenters. The van der Waals surface area contributed by atoms with Crippen molar-refractivity contribution in [2.24, 2.45) is 0 Å². The fourth-order valence-electron chi connectivity index (χ4n) is 3.48. The molecule has 2 atom stereocenters. The number of hydrogen-bond acceptors (Lipinski definition) is 3. The average Bonchev–Trinajstić information content (AvgIpc) is 2.76. The zero-order valence-electron chi connectivity index (χ0n) is 14.2. The first-order chi connectivity index (χ1) is 12.4. The van der Waals surface area contributed by atoms with E-state index in [2.05, 4.69) is 5.32 Å². The van der Waals surface area contributed by atoms with Crippen LogP contribution in [0, 0.1) is 5.82 Å². The van der Waals surface area contributed by atoms with Crippen LogP contribution in [-0.2, 0) is 4.79 Å². The molecule has 0 saturated carbocycles. The van der Waals surface area contributed by atoms with Gasteiger partial charge in [-0.05, 0) is 37.5 Å². The molecule has 3 rings (SSSR count). The number of carbonyl (C=O) groups is 2. The zero-order chi connectivity index (χ0) is 18.7. The van der Waals surface area contributed by atoms with E-state index in [-0.39, 0.29) is 17.0 Å². The van der Waals surface area contributed by atoms with E-state index in [1.807, 2.05) is 12.2 Å². The zero-order valence-corrected chi connectivity index (χ0v) is 15.0. The summed E-state index contributed by atoms with van der Waals surface area (Å²) in [5.74, 6) is -0.592. The van der Waals surface area contributed by atoms with Gasteiger partial charge in [-0.25, -0.2) is 9.18 Å². The van der Waals surface area contributed by atoms with Crippen molar-refractivity contribution in [1.82, 2.24) is 9.80 Å². The van der Waals surface area contributed by atoms with Gasteiger partial charge in [0.25, 0.3) is 0 Å². The maximum atomic E-state index is 13.6. The largest absolute Gasteiger partial charge is 0.465 e. The number of amides is 2. The summed E-state index contributed by atoms with van der Waals surface area (Å²) >= 11 is 5.88. The van der Waals surface area contributed by atoms with Gasteiger partial charge >= 0.3 is 6.09 Å². The Morgan fingerprint density at radius 1 is 1.31 bits per heavy atom.